The van der Waals surface area contributed by atoms with E-state index in [1.165, 1.54) is 10.4 Å². The molecule has 1 fully saturated rings. The van der Waals surface area contributed by atoms with Crippen molar-refractivity contribution in [2.45, 2.75) is 25.2 Å². The van der Waals surface area contributed by atoms with E-state index in [1.807, 2.05) is 13.8 Å². The van der Waals surface area contributed by atoms with Gasteiger partial charge < -0.3 is 5.32 Å². The van der Waals surface area contributed by atoms with Gasteiger partial charge in [-0.15, -0.1) is 0 Å². The Labute approximate surface area is 169 Å². The number of amides is 1. The lowest BCUT2D eigenvalue weighted by Crippen LogP contribution is -2.42. The van der Waals surface area contributed by atoms with Crippen LogP contribution in [0.4, 0.5) is 10.1 Å². The van der Waals surface area contributed by atoms with E-state index in [1.54, 1.807) is 24.3 Å². The van der Waals surface area contributed by atoms with Crippen LogP contribution < -0.4 is 5.32 Å². The average molecular weight is 425 g/mol. The van der Waals surface area contributed by atoms with E-state index in [0.717, 1.165) is 18.6 Å². The normalized spacial score (nSPS) is 20.7. The molecule has 0 unspecified atom stereocenters. The topological polar surface area (TPSA) is 66.5 Å². The maximum atomic E-state index is 14.4. The molecular formula is C20H22ClFN2O3S. The van der Waals surface area contributed by atoms with Gasteiger partial charge in [-0.25, -0.2) is 12.8 Å². The second-order valence-corrected chi connectivity index (χ2v) is 9.66. The summed E-state index contributed by atoms with van der Waals surface area (Å²) in [6.07, 6.45) is 0.925. The molecule has 0 aromatic heterocycles. The molecule has 1 amide bonds. The monoisotopic (exact) mass is 424 g/mol. The molecule has 2 aromatic carbocycles. The van der Waals surface area contributed by atoms with E-state index in [2.05, 4.69) is 5.32 Å². The molecule has 2 aromatic rings. The molecular weight excluding hydrogens is 403 g/mol. The Balaban J connectivity index is 1.91. The van der Waals surface area contributed by atoms with E-state index >= 15 is 0 Å². The highest BCUT2D eigenvalue weighted by molar-refractivity contribution is 7.89. The third kappa shape index (κ3) is 4.37. The molecule has 0 saturated carbocycles. The summed E-state index contributed by atoms with van der Waals surface area (Å²) >= 11 is 6.04. The van der Waals surface area contributed by atoms with Gasteiger partial charge in [0.15, 0.2) is 0 Å². The fraction of sp³-hybridized carbons (Fsp3) is 0.350. The standard InChI is InChI=1S/C20H22ClFN2O3S/c1-13-9-14(2)12-24(11-13)28(26,27)19-10-15(7-8-17(19)22)20(25)23-18-6-4-3-5-16(18)21/h3-8,10,13-14H,9,11-12H2,1-2H3,(H,23,25)/t13-,14-/m0/s1. The van der Waals surface area contributed by atoms with Crippen LogP contribution in [0.2, 0.25) is 5.02 Å². The second kappa shape index (κ2) is 8.19. The number of benzene rings is 2. The Morgan fingerprint density at radius 3 is 2.43 bits per heavy atom. The number of hydrogen-bond acceptors (Lipinski definition) is 3. The SMILES string of the molecule is C[C@H]1C[C@H](C)CN(S(=O)(=O)c2cc(C(=O)Nc3ccccc3Cl)ccc2F)C1. The fourth-order valence-corrected chi connectivity index (χ4v) is 5.49. The zero-order valence-corrected chi connectivity index (χ0v) is 17.2. The summed E-state index contributed by atoms with van der Waals surface area (Å²) in [6, 6.07) is 10.0. The van der Waals surface area contributed by atoms with Crippen LogP contribution in [-0.2, 0) is 10.0 Å². The summed E-state index contributed by atoms with van der Waals surface area (Å²) in [5.74, 6) is -1.06. The van der Waals surface area contributed by atoms with Crippen LogP contribution >= 0.6 is 11.6 Å². The zero-order chi connectivity index (χ0) is 20.5. The number of rotatable bonds is 4. The number of nitrogens with one attached hydrogen (secondary N) is 1. The number of nitrogens with zero attached hydrogens (tertiary/aromatic N) is 1. The molecule has 1 heterocycles. The number of anilines is 1. The number of halogens is 2. The fourth-order valence-electron chi connectivity index (χ4n) is 3.54. The molecule has 8 heteroatoms. The van der Waals surface area contributed by atoms with Crippen LogP contribution in [0.15, 0.2) is 47.4 Å². The van der Waals surface area contributed by atoms with Gasteiger partial charge in [0.25, 0.3) is 5.91 Å². The highest BCUT2D eigenvalue weighted by Crippen LogP contribution is 2.29. The minimum Gasteiger partial charge on any atom is -0.321 e. The van der Waals surface area contributed by atoms with Crippen molar-refractivity contribution < 1.29 is 17.6 Å². The molecule has 1 saturated heterocycles. The summed E-state index contributed by atoms with van der Waals surface area (Å²) in [5, 5.41) is 2.97. The third-order valence-electron chi connectivity index (χ3n) is 4.77. The highest BCUT2D eigenvalue weighted by Gasteiger charge is 2.33. The van der Waals surface area contributed by atoms with Crippen LogP contribution in [0.1, 0.15) is 30.6 Å². The van der Waals surface area contributed by atoms with Gasteiger partial charge in [-0.05, 0) is 48.6 Å². The van der Waals surface area contributed by atoms with Gasteiger partial charge in [0.05, 0.1) is 10.7 Å². The Morgan fingerprint density at radius 1 is 1.14 bits per heavy atom. The molecule has 0 radical (unpaired) electrons. The first kappa shape index (κ1) is 20.8. The number of carbonyl (C=O) groups excluding carboxylic acids is 1. The van der Waals surface area contributed by atoms with Crippen LogP contribution in [-0.4, -0.2) is 31.7 Å². The first-order valence-corrected chi connectivity index (χ1v) is 10.9. The van der Waals surface area contributed by atoms with Crippen molar-refractivity contribution in [3.05, 3.63) is 58.9 Å². The molecule has 1 aliphatic heterocycles. The Hall–Kier alpha value is -1.96. The summed E-state index contributed by atoms with van der Waals surface area (Å²) in [6.45, 7) is 4.62. The van der Waals surface area contributed by atoms with Crippen molar-refractivity contribution in [2.24, 2.45) is 11.8 Å². The lowest BCUT2D eigenvalue weighted by atomic mass is 9.94. The lowest BCUT2D eigenvalue weighted by molar-refractivity contribution is 0.102. The molecule has 2 atom stereocenters. The first-order chi connectivity index (χ1) is 13.2. The van der Waals surface area contributed by atoms with Crippen LogP contribution in [0, 0.1) is 17.7 Å². The maximum Gasteiger partial charge on any atom is 0.255 e. The molecule has 0 bridgehead atoms. The average Bonchev–Trinajstić information content (AvgIpc) is 2.63. The minimum atomic E-state index is -4.04. The van der Waals surface area contributed by atoms with E-state index in [0.29, 0.717) is 23.8 Å². The number of piperidine rings is 1. The van der Waals surface area contributed by atoms with Crippen molar-refractivity contribution in [2.75, 3.05) is 18.4 Å². The number of carbonyl (C=O) groups is 1. The van der Waals surface area contributed by atoms with Crippen molar-refractivity contribution in [1.82, 2.24) is 4.31 Å². The van der Waals surface area contributed by atoms with E-state index in [9.17, 15) is 17.6 Å². The van der Waals surface area contributed by atoms with Crippen LogP contribution in [0.3, 0.4) is 0 Å². The van der Waals surface area contributed by atoms with E-state index in [4.69, 9.17) is 11.6 Å². The van der Waals surface area contributed by atoms with Crippen LogP contribution in [0.25, 0.3) is 0 Å². The van der Waals surface area contributed by atoms with Gasteiger partial charge in [-0.3, -0.25) is 4.79 Å². The number of sulfonamides is 1. The molecule has 28 heavy (non-hydrogen) atoms. The predicted octanol–water partition coefficient (Wildman–Crippen LogP) is 4.40. The maximum absolute atomic E-state index is 14.4. The summed E-state index contributed by atoms with van der Waals surface area (Å²) in [5.41, 5.74) is 0.430. The largest absolute Gasteiger partial charge is 0.321 e. The van der Waals surface area contributed by atoms with Crippen molar-refractivity contribution >= 4 is 33.2 Å². The molecule has 5 nitrogen and oxygen atoms in total. The highest BCUT2D eigenvalue weighted by atomic mass is 35.5. The number of para-hydroxylation sites is 1. The van der Waals surface area contributed by atoms with E-state index < -0.39 is 26.6 Å². The quantitative estimate of drug-likeness (QED) is 0.791. The lowest BCUT2D eigenvalue weighted by Gasteiger charge is -2.34. The molecule has 150 valence electrons. The molecule has 0 aliphatic carbocycles. The van der Waals surface area contributed by atoms with Gasteiger partial charge >= 0.3 is 0 Å². The molecule has 3 rings (SSSR count). The van der Waals surface area contributed by atoms with Crippen molar-refractivity contribution in [3.63, 3.8) is 0 Å². The predicted molar refractivity (Wildman–Crippen MR) is 108 cm³/mol. The van der Waals surface area contributed by atoms with Crippen molar-refractivity contribution in [3.8, 4) is 0 Å². The summed E-state index contributed by atoms with van der Waals surface area (Å²) < 4.78 is 41.8. The molecule has 1 aliphatic rings. The second-order valence-electron chi connectivity index (χ2n) is 7.35. The van der Waals surface area contributed by atoms with Gasteiger partial charge in [0, 0.05) is 18.7 Å². The van der Waals surface area contributed by atoms with E-state index in [-0.39, 0.29) is 17.4 Å². The molecule has 1 N–H and O–H groups in total. The van der Waals surface area contributed by atoms with Gasteiger partial charge in [-0.1, -0.05) is 37.6 Å². The van der Waals surface area contributed by atoms with Gasteiger partial charge in [0.1, 0.15) is 10.7 Å². The Kier molecular flexibility index (Phi) is 6.07. The van der Waals surface area contributed by atoms with Gasteiger partial charge in [0.2, 0.25) is 10.0 Å². The summed E-state index contributed by atoms with van der Waals surface area (Å²) in [7, 11) is -4.04. The van der Waals surface area contributed by atoms with Crippen molar-refractivity contribution in [1.29, 1.82) is 0 Å². The number of hydrogen-bond donors (Lipinski definition) is 1. The Morgan fingerprint density at radius 2 is 1.79 bits per heavy atom. The zero-order valence-electron chi connectivity index (χ0n) is 15.7. The van der Waals surface area contributed by atoms with Crippen LogP contribution in [0.5, 0.6) is 0 Å². The summed E-state index contributed by atoms with van der Waals surface area (Å²) in [4.78, 5) is 12.1. The third-order valence-corrected chi connectivity index (χ3v) is 6.94. The Bertz CT molecular complexity index is 987. The minimum absolute atomic E-state index is 0.0398. The van der Waals surface area contributed by atoms with Gasteiger partial charge in [-0.2, -0.15) is 4.31 Å². The smallest absolute Gasteiger partial charge is 0.255 e. The molecule has 0 spiro atoms. The first-order valence-electron chi connectivity index (χ1n) is 9.04.